The van der Waals surface area contributed by atoms with Gasteiger partial charge < -0.3 is 9.80 Å². The highest BCUT2D eigenvalue weighted by Crippen LogP contribution is 2.32. The van der Waals surface area contributed by atoms with E-state index in [0.717, 1.165) is 37.2 Å². The van der Waals surface area contributed by atoms with Crippen LogP contribution in [0.4, 0.5) is 5.69 Å². The Morgan fingerprint density at radius 2 is 1.88 bits per heavy atom. The van der Waals surface area contributed by atoms with Crippen LogP contribution < -0.4 is 0 Å². The van der Waals surface area contributed by atoms with Crippen molar-refractivity contribution in [2.24, 2.45) is 9.98 Å². The summed E-state index contributed by atoms with van der Waals surface area (Å²) in [7, 11) is 0. The Balaban J connectivity index is 1.82. The average Bonchev–Trinajstić information content (AvgIpc) is 2.60. The van der Waals surface area contributed by atoms with Crippen LogP contribution in [0.25, 0.3) is 0 Å². The van der Waals surface area contributed by atoms with Crippen LogP contribution >= 0.6 is 0 Å². The molecular weight excluding hydrogens is 306 g/mol. The van der Waals surface area contributed by atoms with Crippen molar-refractivity contribution < 1.29 is 4.92 Å². The number of para-hydroxylation sites is 1. The Morgan fingerprint density at radius 3 is 2.62 bits per heavy atom. The Bertz CT molecular complexity index is 790. The third kappa shape index (κ3) is 2.36. The maximum atomic E-state index is 11.7. The summed E-state index contributed by atoms with van der Waals surface area (Å²) in [6.07, 6.45) is 3.25. The zero-order valence-corrected chi connectivity index (χ0v) is 13.6. The first kappa shape index (κ1) is 14.9. The molecule has 0 N–H and O–H groups in total. The number of likely N-dealkylation sites (tertiary alicyclic amines) is 1. The number of nitrogens with zero attached hydrogens (tertiary/aromatic N) is 5. The number of guanidine groups is 1. The third-order valence-corrected chi connectivity index (χ3v) is 4.79. The summed E-state index contributed by atoms with van der Waals surface area (Å²) in [6, 6.07) is 7.86. The van der Waals surface area contributed by atoms with Gasteiger partial charge in [0.2, 0.25) is 11.8 Å². The van der Waals surface area contributed by atoms with Crippen molar-refractivity contribution in [2.45, 2.75) is 32.7 Å². The lowest BCUT2D eigenvalue weighted by Gasteiger charge is -2.35. The molecule has 4 rings (SSSR count). The summed E-state index contributed by atoms with van der Waals surface area (Å²) in [5, 5.41) is 11.7. The molecule has 0 radical (unpaired) electrons. The minimum Gasteiger partial charge on any atom is -0.351 e. The molecule has 0 spiro atoms. The second kappa shape index (κ2) is 5.74. The van der Waals surface area contributed by atoms with E-state index < -0.39 is 0 Å². The number of rotatable bonds is 1. The van der Waals surface area contributed by atoms with Crippen molar-refractivity contribution in [1.82, 2.24) is 9.80 Å². The fraction of sp³-hybridized carbons (Fsp3) is 0.412. The van der Waals surface area contributed by atoms with Gasteiger partial charge in [0.1, 0.15) is 5.70 Å². The van der Waals surface area contributed by atoms with Gasteiger partial charge in [-0.25, -0.2) is 4.99 Å². The van der Waals surface area contributed by atoms with Crippen LogP contribution in [0.3, 0.4) is 0 Å². The molecule has 3 aliphatic heterocycles. The molecule has 0 saturated carbocycles. The van der Waals surface area contributed by atoms with Crippen molar-refractivity contribution in [2.75, 3.05) is 13.1 Å². The fourth-order valence-electron chi connectivity index (χ4n) is 3.49. The second-order valence-corrected chi connectivity index (χ2v) is 6.30. The monoisotopic (exact) mass is 325 g/mol. The molecule has 24 heavy (non-hydrogen) atoms. The van der Waals surface area contributed by atoms with E-state index >= 15 is 0 Å². The van der Waals surface area contributed by atoms with Gasteiger partial charge in [0.25, 0.3) is 0 Å². The highest BCUT2D eigenvalue weighted by molar-refractivity contribution is 6.08. The summed E-state index contributed by atoms with van der Waals surface area (Å²) >= 11 is 0. The topological polar surface area (TPSA) is 74.3 Å². The van der Waals surface area contributed by atoms with Crippen molar-refractivity contribution in [3.05, 3.63) is 51.3 Å². The Kier molecular flexibility index (Phi) is 3.55. The Hall–Kier alpha value is -2.70. The average molecular weight is 325 g/mol. The molecule has 7 heteroatoms. The molecule has 0 aromatic heterocycles. The molecule has 0 atom stereocenters. The lowest BCUT2D eigenvalue weighted by Crippen LogP contribution is -2.45. The van der Waals surface area contributed by atoms with E-state index in [2.05, 4.69) is 9.98 Å². The number of amidine groups is 1. The normalized spacial score (nSPS) is 20.2. The molecule has 0 aliphatic carbocycles. The summed E-state index contributed by atoms with van der Waals surface area (Å²) in [6.45, 7) is 3.98. The van der Waals surface area contributed by atoms with Gasteiger partial charge in [0, 0.05) is 13.1 Å². The fourth-order valence-corrected chi connectivity index (χ4v) is 3.49. The van der Waals surface area contributed by atoms with E-state index in [4.69, 9.17) is 0 Å². The number of hydrogen-bond acceptors (Lipinski definition) is 6. The lowest BCUT2D eigenvalue weighted by atomic mass is 10.1. The van der Waals surface area contributed by atoms with Crippen molar-refractivity contribution in [3.63, 3.8) is 0 Å². The Labute approximate surface area is 140 Å². The van der Waals surface area contributed by atoms with E-state index in [-0.39, 0.29) is 10.6 Å². The number of nitro groups is 1. The van der Waals surface area contributed by atoms with Crippen molar-refractivity contribution in [1.29, 1.82) is 0 Å². The van der Waals surface area contributed by atoms with Crippen LogP contribution in [0.2, 0.25) is 0 Å². The minimum absolute atomic E-state index is 0.107. The van der Waals surface area contributed by atoms with E-state index in [1.54, 1.807) is 6.92 Å². The molecule has 0 amide bonds. The zero-order chi connectivity index (χ0) is 16.7. The molecule has 1 saturated heterocycles. The van der Waals surface area contributed by atoms with E-state index in [0.29, 0.717) is 24.0 Å². The van der Waals surface area contributed by atoms with Gasteiger partial charge in [0.05, 0.1) is 17.2 Å². The van der Waals surface area contributed by atoms with E-state index in [9.17, 15) is 10.1 Å². The minimum atomic E-state index is -0.305. The molecule has 1 aromatic carbocycles. The first-order chi connectivity index (χ1) is 11.6. The lowest BCUT2D eigenvalue weighted by molar-refractivity contribution is -0.418. The first-order valence-corrected chi connectivity index (χ1v) is 8.28. The zero-order valence-electron chi connectivity index (χ0n) is 13.6. The SMILES string of the molecule is CC1=C([N+](=O)[O-])C(N2CCCCC2)=NC2=Nc3ccccc3CN21. The first-order valence-electron chi connectivity index (χ1n) is 8.28. The van der Waals surface area contributed by atoms with Gasteiger partial charge >= 0.3 is 5.70 Å². The highest BCUT2D eigenvalue weighted by Gasteiger charge is 2.38. The standard InChI is InChI=1S/C17H19N5O2/c1-12-15(22(23)24)16(20-9-5-2-6-10-20)19-17-18-14-8-4-3-7-13(14)11-21(12)17/h3-4,7-8H,2,5-6,9-11H2,1H3. The number of allylic oxidation sites excluding steroid dienone is 1. The predicted molar refractivity (Wildman–Crippen MR) is 91.6 cm³/mol. The predicted octanol–water partition coefficient (Wildman–Crippen LogP) is 2.90. The van der Waals surface area contributed by atoms with Gasteiger partial charge in [-0.3, -0.25) is 10.1 Å². The molecule has 0 bridgehead atoms. The van der Waals surface area contributed by atoms with Crippen LogP contribution in [-0.2, 0) is 6.54 Å². The Morgan fingerprint density at radius 1 is 1.12 bits per heavy atom. The third-order valence-electron chi connectivity index (χ3n) is 4.79. The summed E-state index contributed by atoms with van der Waals surface area (Å²) in [5.41, 5.74) is 2.67. The smallest absolute Gasteiger partial charge is 0.330 e. The maximum absolute atomic E-state index is 11.7. The van der Waals surface area contributed by atoms with Gasteiger partial charge in [-0.15, -0.1) is 0 Å². The molecule has 1 aromatic rings. The number of hydrogen-bond donors (Lipinski definition) is 0. The highest BCUT2D eigenvalue weighted by atomic mass is 16.6. The van der Waals surface area contributed by atoms with Crippen molar-refractivity contribution >= 4 is 17.5 Å². The molecule has 3 aliphatic rings. The maximum Gasteiger partial charge on any atom is 0.330 e. The number of fused-ring (bicyclic) bond motifs is 2. The quantitative estimate of drug-likeness (QED) is 0.588. The van der Waals surface area contributed by atoms with Gasteiger partial charge in [-0.05, 0) is 37.8 Å². The molecule has 124 valence electrons. The van der Waals surface area contributed by atoms with Crippen LogP contribution in [0.1, 0.15) is 31.7 Å². The summed E-state index contributed by atoms with van der Waals surface area (Å²) in [5.74, 6) is 1.02. The van der Waals surface area contributed by atoms with E-state index in [1.807, 2.05) is 34.1 Å². The molecular formula is C17H19N5O2. The van der Waals surface area contributed by atoms with Crippen LogP contribution in [0.15, 0.2) is 45.6 Å². The largest absolute Gasteiger partial charge is 0.351 e. The summed E-state index contributed by atoms with van der Waals surface area (Å²) < 4.78 is 0. The van der Waals surface area contributed by atoms with Crippen molar-refractivity contribution in [3.8, 4) is 0 Å². The van der Waals surface area contributed by atoms with Gasteiger partial charge in [-0.1, -0.05) is 18.2 Å². The second-order valence-electron chi connectivity index (χ2n) is 6.30. The van der Waals surface area contributed by atoms with Crippen LogP contribution in [0, 0.1) is 10.1 Å². The van der Waals surface area contributed by atoms with E-state index in [1.165, 1.54) is 6.42 Å². The van der Waals surface area contributed by atoms with Gasteiger partial charge in [-0.2, -0.15) is 4.99 Å². The number of aliphatic imine (C=N–C) groups is 2. The molecule has 0 unspecified atom stereocenters. The number of piperidine rings is 1. The van der Waals surface area contributed by atoms with Crippen LogP contribution in [0.5, 0.6) is 0 Å². The summed E-state index contributed by atoms with van der Waals surface area (Å²) in [4.78, 5) is 24.5. The van der Waals surface area contributed by atoms with Crippen LogP contribution in [-0.4, -0.2) is 39.6 Å². The van der Waals surface area contributed by atoms with Gasteiger partial charge in [0.15, 0.2) is 0 Å². The number of benzene rings is 1. The molecule has 7 nitrogen and oxygen atoms in total. The molecule has 3 heterocycles. The molecule has 1 fully saturated rings.